The molecule has 26 heavy (non-hydrogen) atoms. The van der Waals surface area contributed by atoms with Crippen LogP contribution in [0.15, 0.2) is 24.3 Å². The molecule has 1 saturated heterocycles. The highest BCUT2D eigenvalue weighted by Crippen LogP contribution is 2.36. The zero-order valence-electron chi connectivity index (χ0n) is 16.7. The van der Waals surface area contributed by atoms with Crippen molar-refractivity contribution in [3.8, 4) is 5.75 Å². The molecule has 0 unspecified atom stereocenters. The van der Waals surface area contributed by atoms with E-state index in [1.807, 2.05) is 61.8 Å². The van der Waals surface area contributed by atoms with Gasteiger partial charge in [0.2, 0.25) is 11.8 Å². The van der Waals surface area contributed by atoms with Crippen molar-refractivity contribution in [3.05, 3.63) is 29.8 Å². The first-order chi connectivity index (χ1) is 12.4. The molecule has 2 amide bonds. The third-order valence-electron chi connectivity index (χ3n) is 5.17. The van der Waals surface area contributed by atoms with E-state index in [-0.39, 0.29) is 23.7 Å². The topological polar surface area (TPSA) is 49.9 Å². The van der Waals surface area contributed by atoms with Crippen molar-refractivity contribution in [1.82, 2.24) is 9.80 Å². The van der Waals surface area contributed by atoms with Gasteiger partial charge in [0.25, 0.3) is 0 Å². The molecule has 1 fully saturated rings. The van der Waals surface area contributed by atoms with Crippen LogP contribution >= 0.6 is 0 Å². The third kappa shape index (κ3) is 4.57. The lowest BCUT2D eigenvalue weighted by atomic mass is 9.88. The lowest BCUT2D eigenvalue weighted by molar-refractivity contribution is -0.135. The molecule has 1 heterocycles. The summed E-state index contributed by atoms with van der Waals surface area (Å²) < 4.78 is 5.35. The fourth-order valence-electron chi connectivity index (χ4n) is 3.72. The molecular formula is C21H32N2O3. The summed E-state index contributed by atoms with van der Waals surface area (Å²) in [6.45, 7) is 10.6. The Balaban J connectivity index is 2.30. The van der Waals surface area contributed by atoms with E-state index >= 15 is 0 Å². The first kappa shape index (κ1) is 20.3. The van der Waals surface area contributed by atoms with Gasteiger partial charge in [0.05, 0.1) is 13.0 Å². The Hall–Kier alpha value is -2.04. The molecule has 2 rings (SSSR count). The fraction of sp³-hybridized carbons (Fsp3) is 0.619. The molecule has 0 N–H and O–H groups in total. The second-order valence-corrected chi connectivity index (χ2v) is 7.40. The number of hydrogen-bond donors (Lipinski definition) is 0. The normalized spacial score (nSPS) is 19.7. The Kier molecular flexibility index (Phi) is 7.06. The zero-order valence-corrected chi connectivity index (χ0v) is 16.7. The van der Waals surface area contributed by atoms with Gasteiger partial charge in [-0.15, -0.1) is 0 Å². The number of benzene rings is 1. The van der Waals surface area contributed by atoms with Crippen LogP contribution in [0.5, 0.6) is 5.75 Å². The van der Waals surface area contributed by atoms with E-state index < -0.39 is 0 Å². The second kappa shape index (κ2) is 9.06. The third-order valence-corrected chi connectivity index (χ3v) is 5.17. The van der Waals surface area contributed by atoms with Crippen LogP contribution in [0.2, 0.25) is 0 Å². The molecule has 0 aliphatic carbocycles. The van der Waals surface area contributed by atoms with Crippen LogP contribution in [0.1, 0.15) is 45.6 Å². The minimum atomic E-state index is -0.196. The number of nitrogens with zero attached hydrogens (tertiary/aromatic N) is 2. The predicted octanol–water partition coefficient (Wildman–Crippen LogP) is 3.15. The Labute approximate surface area is 157 Å². The van der Waals surface area contributed by atoms with E-state index in [1.165, 1.54) is 0 Å². The lowest BCUT2D eigenvalue weighted by Crippen LogP contribution is -2.39. The second-order valence-electron chi connectivity index (χ2n) is 7.40. The predicted molar refractivity (Wildman–Crippen MR) is 103 cm³/mol. The van der Waals surface area contributed by atoms with Crippen LogP contribution in [0.4, 0.5) is 0 Å². The lowest BCUT2D eigenvalue weighted by Gasteiger charge is -2.26. The van der Waals surface area contributed by atoms with E-state index in [9.17, 15) is 9.59 Å². The van der Waals surface area contributed by atoms with Gasteiger partial charge in [0.1, 0.15) is 5.75 Å². The summed E-state index contributed by atoms with van der Waals surface area (Å²) in [7, 11) is 1.64. The molecule has 0 aromatic heterocycles. The highest BCUT2D eigenvalue weighted by molar-refractivity contribution is 5.83. The van der Waals surface area contributed by atoms with Crippen LogP contribution in [0.3, 0.4) is 0 Å². The van der Waals surface area contributed by atoms with E-state index in [0.717, 1.165) is 11.3 Å². The van der Waals surface area contributed by atoms with Crippen LogP contribution in [0.25, 0.3) is 0 Å². The number of carbonyl (C=O) groups is 2. The molecule has 1 aromatic rings. The molecule has 5 heteroatoms. The fourth-order valence-corrected chi connectivity index (χ4v) is 3.72. The summed E-state index contributed by atoms with van der Waals surface area (Å²) in [4.78, 5) is 29.4. The molecule has 0 spiro atoms. The average Bonchev–Trinajstić information content (AvgIpc) is 3.07. The smallest absolute Gasteiger partial charge is 0.228 e. The van der Waals surface area contributed by atoms with E-state index in [2.05, 4.69) is 0 Å². The zero-order chi connectivity index (χ0) is 19.3. The van der Waals surface area contributed by atoms with E-state index in [4.69, 9.17) is 4.74 Å². The van der Waals surface area contributed by atoms with Crippen LogP contribution in [0, 0.1) is 11.8 Å². The minimum Gasteiger partial charge on any atom is -0.497 e. The standard InChI is InChI=1S/C21H32N2O3/c1-6-22(7-2)21(25)19-14-23(20(24)11-15(3)4)13-18(19)16-9-8-10-17(12-16)26-5/h8-10,12,15,18-19H,6-7,11,13-14H2,1-5H3/t18-,19-/m0/s1. The molecule has 0 saturated carbocycles. The van der Waals surface area contributed by atoms with Gasteiger partial charge in [-0.2, -0.15) is 0 Å². The van der Waals surface area contributed by atoms with Gasteiger partial charge < -0.3 is 14.5 Å². The van der Waals surface area contributed by atoms with Crippen molar-refractivity contribution in [2.24, 2.45) is 11.8 Å². The molecular weight excluding hydrogens is 328 g/mol. The van der Waals surface area contributed by atoms with Crippen molar-refractivity contribution in [3.63, 3.8) is 0 Å². The van der Waals surface area contributed by atoms with Crippen molar-refractivity contribution in [2.45, 2.75) is 40.0 Å². The van der Waals surface area contributed by atoms with Gasteiger partial charge in [0.15, 0.2) is 0 Å². The average molecular weight is 360 g/mol. The number of rotatable bonds is 7. The van der Waals surface area contributed by atoms with Gasteiger partial charge >= 0.3 is 0 Å². The summed E-state index contributed by atoms with van der Waals surface area (Å²) in [5, 5.41) is 0. The van der Waals surface area contributed by atoms with Gasteiger partial charge in [-0.1, -0.05) is 26.0 Å². The number of ether oxygens (including phenoxy) is 1. The van der Waals surface area contributed by atoms with Crippen LogP contribution in [-0.4, -0.2) is 54.9 Å². The molecule has 1 aliphatic heterocycles. The summed E-state index contributed by atoms with van der Waals surface area (Å²) in [5.41, 5.74) is 1.06. The Bertz CT molecular complexity index is 625. The van der Waals surface area contributed by atoms with Crippen LogP contribution < -0.4 is 4.74 Å². The summed E-state index contributed by atoms with van der Waals surface area (Å²) >= 11 is 0. The van der Waals surface area contributed by atoms with Crippen molar-refractivity contribution in [2.75, 3.05) is 33.3 Å². The SMILES string of the molecule is CCN(CC)C(=O)[C@H]1CN(C(=O)CC(C)C)C[C@H]1c1cccc(OC)c1. The monoisotopic (exact) mass is 360 g/mol. The number of carbonyl (C=O) groups excluding carboxylic acids is 2. The van der Waals surface area contributed by atoms with Crippen molar-refractivity contribution < 1.29 is 14.3 Å². The van der Waals surface area contributed by atoms with Gasteiger partial charge in [-0.05, 0) is 37.5 Å². The Morgan fingerprint density at radius 1 is 1.23 bits per heavy atom. The highest BCUT2D eigenvalue weighted by atomic mass is 16.5. The molecule has 5 nitrogen and oxygen atoms in total. The number of amides is 2. The quantitative estimate of drug-likeness (QED) is 0.750. The molecule has 1 aliphatic rings. The van der Waals surface area contributed by atoms with Crippen molar-refractivity contribution in [1.29, 1.82) is 0 Å². The highest BCUT2D eigenvalue weighted by Gasteiger charge is 2.41. The Morgan fingerprint density at radius 2 is 1.92 bits per heavy atom. The number of likely N-dealkylation sites (tertiary alicyclic amines) is 1. The maximum absolute atomic E-state index is 13.1. The molecule has 0 bridgehead atoms. The molecule has 2 atom stereocenters. The molecule has 1 aromatic carbocycles. The first-order valence-electron chi connectivity index (χ1n) is 9.61. The maximum atomic E-state index is 13.1. The summed E-state index contributed by atoms with van der Waals surface area (Å²) in [5.74, 6) is 1.19. The summed E-state index contributed by atoms with van der Waals surface area (Å²) in [6, 6.07) is 7.88. The van der Waals surface area contributed by atoms with Gasteiger partial charge in [0, 0.05) is 38.5 Å². The van der Waals surface area contributed by atoms with E-state index in [1.54, 1.807) is 7.11 Å². The van der Waals surface area contributed by atoms with Gasteiger partial charge in [-0.25, -0.2) is 0 Å². The maximum Gasteiger partial charge on any atom is 0.228 e. The summed E-state index contributed by atoms with van der Waals surface area (Å²) in [6.07, 6.45) is 0.525. The first-order valence-corrected chi connectivity index (χ1v) is 9.61. The van der Waals surface area contributed by atoms with Gasteiger partial charge in [-0.3, -0.25) is 9.59 Å². The molecule has 0 radical (unpaired) electrons. The van der Waals surface area contributed by atoms with Crippen LogP contribution in [-0.2, 0) is 9.59 Å². The Morgan fingerprint density at radius 3 is 2.50 bits per heavy atom. The largest absolute Gasteiger partial charge is 0.497 e. The minimum absolute atomic E-state index is 0.00862. The number of methoxy groups -OCH3 is 1. The number of hydrogen-bond acceptors (Lipinski definition) is 3. The van der Waals surface area contributed by atoms with Crippen molar-refractivity contribution >= 4 is 11.8 Å². The molecule has 144 valence electrons. The van der Waals surface area contributed by atoms with E-state index in [0.29, 0.717) is 38.5 Å².